The lowest BCUT2D eigenvalue weighted by atomic mass is 10.0. The Kier molecular flexibility index (Phi) is 63.3. The lowest BCUT2D eigenvalue weighted by Gasteiger charge is -2.19. The first-order chi connectivity index (χ1) is 37.7. The second-order valence-electron chi connectivity index (χ2n) is 21.8. The number of allylic oxidation sites excluding steroid dienone is 19. The zero-order valence-electron chi connectivity index (χ0n) is 50.2. The van der Waals surface area contributed by atoms with Crippen LogP contribution in [0.1, 0.15) is 309 Å². The summed E-state index contributed by atoms with van der Waals surface area (Å²) in [5.41, 5.74) is 0. The Morgan fingerprint density at radius 3 is 0.921 bits per heavy atom. The van der Waals surface area contributed by atoms with Crippen molar-refractivity contribution in [3.63, 3.8) is 0 Å². The average molecular weight is 1050 g/mol. The third-order valence-corrected chi connectivity index (χ3v) is 14.4. The fourth-order valence-electron chi connectivity index (χ4n) is 9.51. The number of aliphatic hydroxyl groups is 2. The average Bonchev–Trinajstić information content (AvgIpc) is 3.42. The molecule has 0 saturated heterocycles. The lowest BCUT2D eigenvalue weighted by Crippen LogP contribution is -2.45. The Bertz CT molecular complexity index is 1470. The van der Waals surface area contributed by atoms with E-state index in [-0.39, 0.29) is 12.5 Å². The van der Waals surface area contributed by atoms with Gasteiger partial charge in [0.2, 0.25) is 5.91 Å². The minimum absolute atomic E-state index is 0.0755. The molecule has 436 valence electrons. The molecule has 0 aliphatic rings. The minimum atomic E-state index is -0.870. The van der Waals surface area contributed by atoms with Crippen LogP contribution in [0.4, 0.5) is 0 Å². The number of nitrogens with one attached hydrogen (secondary N) is 1. The monoisotopic (exact) mass is 1050 g/mol. The molecule has 0 heterocycles. The van der Waals surface area contributed by atoms with E-state index in [1.165, 1.54) is 205 Å². The first kappa shape index (κ1) is 72.8. The van der Waals surface area contributed by atoms with Gasteiger partial charge in [0.15, 0.2) is 0 Å². The van der Waals surface area contributed by atoms with Gasteiger partial charge in [-0.2, -0.15) is 0 Å². The van der Waals surface area contributed by atoms with E-state index in [4.69, 9.17) is 0 Å². The molecule has 0 aliphatic carbocycles. The van der Waals surface area contributed by atoms with Crippen molar-refractivity contribution in [1.82, 2.24) is 5.32 Å². The van der Waals surface area contributed by atoms with Crippen molar-refractivity contribution < 1.29 is 15.0 Å². The van der Waals surface area contributed by atoms with E-state index < -0.39 is 12.1 Å². The number of carbonyl (C=O) groups excluding carboxylic acids is 1. The van der Waals surface area contributed by atoms with Gasteiger partial charge in [-0.15, -0.1) is 0 Å². The van der Waals surface area contributed by atoms with E-state index in [0.29, 0.717) is 6.42 Å². The fourth-order valence-corrected chi connectivity index (χ4v) is 9.51. The highest BCUT2D eigenvalue weighted by molar-refractivity contribution is 5.76. The van der Waals surface area contributed by atoms with Crippen LogP contribution < -0.4 is 5.32 Å². The smallest absolute Gasteiger partial charge is 0.220 e. The Labute approximate surface area is 473 Å². The Morgan fingerprint density at radius 2 is 0.592 bits per heavy atom. The van der Waals surface area contributed by atoms with E-state index in [9.17, 15) is 15.0 Å². The van der Waals surface area contributed by atoms with Crippen molar-refractivity contribution in [3.05, 3.63) is 122 Å². The molecule has 4 nitrogen and oxygen atoms in total. The molecule has 4 heteroatoms. The largest absolute Gasteiger partial charge is 0.394 e. The quantitative estimate of drug-likeness (QED) is 0.0420. The maximum Gasteiger partial charge on any atom is 0.220 e. The van der Waals surface area contributed by atoms with E-state index >= 15 is 0 Å². The summed E-state index contributed by atoms with van der Waals surface area (Å²) in [7, 11) is 0. The molecule has 0 fully saturated rings. The van der Waals surface area contributed by atoms with E-state index in [1.807, 2.05) is 6.08 Å². The van der Waals surface area contributed by atoms with Crippen molar-refractivity contribution >= 4 is 5.91 Å². The standard InChI is InChI=1S/C72H125NO3/c1-3-5-7-9-11-13-15-17-19-21-23-25-27-29-30-31-32-33-34-35-36-37-38-39-40-41-42-44-46-48-50-52-54-56-58-60-62-64-66-68-72(76)73-70(69-74)71(75)67-65-63-61-59-57-55-53-51-49-47-45-43-28-26-24-22-20-18-16-14-12-10-8-6-4-2/h5,7,11,13,17,19,23,25,29-30,32-33,35-36,38-39,57,59,65,67,70-71,74-75H,3-4,6,8-10,12,14-16,18,20-22,24,26-28,31,34,37,40-56,58,60-64,66,68-69H2,1-2H3,(H,73,76)/b7-5-,13-11-,19-17-,25-23-,30-29-,33-32-,36-35-,39-38-,59-57+,67-65+. The number of carbonyl (C=O) groups is 1. The van der Waals surface area contributed by atoms with Crippen LogP contribution in [0.2, 0.25) is 0 Å². The normalized spacial score (nSPS) is 13.6. The summed E-state index contributed by atoms with van der Waals surface area (Å²) >= 11 is 0. The lowest BCUT2D eigenvalue weighted by molar-refractivity contribution is -0.123. The topological polar surface area (TPSA) is 69.6 Å². The zero-order chi connectivity index (χ0) is 54.8. The first-order valence-corrected chi connectivity index (χ1v) is 32.7. The van der Waals surface area contributed by atoms with Gasteiger partial charge >= 0.3 is 0 Å². The zero-order valence-corrected chi connectivity index (χ0v) is 50.2. The van der Waals surface area contributed by atoms with Gasteiger partial charge in [0.25, 0.3) is 0 Å². The van der Waals surface area contributed by atoms with Gasteiger partial charge in [0.05, 0.1) is 18.8 Å². The Hall–Kier alpha value is -3.21. The van der Waals surface area contributed by atoms with Gasteiger partial charge < -0.3 is 15.5 Å². The van der Waals surface area contributed by atoms with Crippen LogP contribution in [0.5, 0.6) is 0 Å². The van der Waals surface area contributed by atoms with Gasteiger partial charge in [-0.1, -0.05) is 328 Å². The van der Waals surface area contributed by atoms with E-state index in [1.54, 1.807) is 6.08 Å². The molecule has 76 heavy (non-hydrogen) atoms. The molecule has 1 amide bonds. The van der Waals surface area contributed by atoms with Gasteiger partial charge in [-0.3, -0.25) is 4.79 Å². The molecule has 0 aromatic heterocycles. The van der Waals surface area contributed by atoms with E-state index in [0.717, 1.165) is 83.5 Å². The summed E-state index contributed by atoms with van der Waals surface area (Å²) in [4.78, 5) is 12.5. The van der Waals surface area contributed by atoms with Crippen molar-refractivity contribution in [2.75, 3.05) is 6.61 Å². The Balaban J connectivity index is 3.55. The molecule has 2 atom stereocenters. The van der Waals surface area contributed by atoms with Crippen molar-refractivity contribution in [3.8, 4) is 0 Å². The van der Waals surface area contributed by atoms with Crippen LogP contribution in [0.3, 0.4) is 0 Å². The third-order valence-electron chi connectivity index (χ3n) is 14.4. The number of unbranched alkanes of at least 4 members (excludes halogenated alkanes) is 34. The van der Waals surface area contributed by atoms with Crippen LogP contribution >= 0.6 is 0 Å². The second-order valence-corrected chi connectivity index (χ2v) is 21.8. The highest BCUT2D eigenvalue weighted by atomic mass is 16.3. The molecule has 0 bridgehead atoms. The highest BCUT2D eigenvalue weighted by Gasteiger charge is 2.18. The molecule has 2 unspecified atom stereocenters. The molecule has 0 aromatic carbocycles. The maximum atomic E-state index is 12.5. The predicted molar refractivity (Wildman–Crippen MR) is 340 cm³/mol. The van der Waals surface area contributed by atoms with Gasteiger partial charge in [0.1, 0.15) is 0 Å². The number of aliphatic hydroxyl groups excluding tert-OH is 2. The molecule has 0 saturated carbocycles. The SMILES string of the molecule is CC/C=C\C/C=C\C/C=C\C/C=C\C/C=C\C/C=C\C/C=C\C/C=C\CCCCCCCCCCCCCCCCC(=O)NC(CO)C(O)/C=C/CC/C=C/CCCCCCCCCCCCCCCCCCCCC. The van der Waals surface area contributed by atoms with Gasteiger partial charge in [0, 0.05) is 6.42 Å². The Morgan fingerprint density at radius 1 is 0.329 bits per heavy atom. The minimum Gasteiger partial charge on any atom is -0.394 e. The van der Waals surface area contributed by atoms with Crippen LogP contribution in [0, 0.1) is 0 Å². The molecule has 0 rings (SSSR count). The summed E-state index contributed by atoms with van der Waals surface area (Å²) in [5, 5.41) is 23.2. The van der Waals surface area contributed by atoms with E-state index in [2.05, 4.69) is 129 Å². The van der Waals surface area contributed by atoms with Crippen LogP contribution in [-0.4, -0.2) is 34.9 Å². The van der Waals surface area contributed by atoms with Crippen molar-refractivity contribution in [1.29, 1.82) is 0 Å². The van der Waals surface area contributed by atoms with Gasteiger partial charge in [-0.05, 0) is 96.3 Å². The van der Waals surface area contributed by atoms with Crippen LogP contribution in [0.15, 0.2) is 122 Å². The second kappa shape index (κ2) is 66.1. The number of rotatable bonds is 59. The molecule has 3 N–H and O–H groups in total. The molecular formula is C72H125NO3. The predicted octanol–water partition coefficient (Wildman–Crippen LogP) is 22.4. The molecule has 0 spiro atoms. The van der Waals surface area contributed by atoms with Crippen molar-refractivity contribution in [2.45, 2.75) is 321 Å². The molecule has 0 aliphatic heterocycles. The third kappa shape index (κ3) is 61.6. The summed E-state index contributed by atoms with van der Waals surface area (Å²) in [5.74, 6) is -0.0755. The number of hydrogen-bond acceptors (Lipinski definition) is 3. The van der Waals surface area contributed by atoms with Gasteiger partial charge in [-0.25, -0.2) is 0 Å². The fraction of sp³-hybridized carbons (Fsp3) is 0.708. The summed E-state index contributed by atoms with van der Waals surface area (Å²) in [6.45, 7) is 4.20. The molecular weight excluding hydrogens is 927 g/mol. The summed E-state index contributed by atoms with van der Waals surface area (Å²) in [6.07, 6.45) is 101. The first-order valence-electron chi connectivity index (χ1n) is 32.7. The molecule has 0 aromatic rings. The van der Waals surface area contributed by atoms with Crippen LogP contribution in [-0.2, 0) is 4.79 Å². The molecule has 0 radical (unpaired) electrons. The summed E-state index contributed by atoms with van der Waals surface area (Å²) in [6, 6.07) is -0.647. The highest BCUT2D eigenvalue weighted by Crippen LogP contribution is 2.17. The van der Waals surface area contributed by atoms with Crippen molar-refractivity contribution in [2.24, 2.45) is 0 Å². The number of hydrogen-bond donors (Lipinski definition) is 3. The number of amides is 1. The van der Waals surface area contributed by atoms with Crippen LogP contribution in [0.25, 0.3) is 0 Å². The summed E-state index contributed by atoms with van der Waals surface area (Å²) < 4.78 is 0. The maximum absolute atomic E-state index is 12.5.